The zero-order chi connectivity index (χ0) is 43.4. The Labute approximate surface area is 349 Å². The van der Waals surface area contributed by atoms with E-state index in [1.54, 1.807) is 33.9 Å². The Kier molecular flexibility index (Phi) is 17.2. The van der Waals surface area contributed by atoms with Gasteiger partial charge in [0.05, 0.1) is 13.1 Å². The number of carbonyl (C=O) groups is 8. The largest absolute Gasteiger partial charge is 0.361 e. The first-order valence-corrected chi connectivity index (χ1v) is 21.8. The number of H-pyrrole nitrogens is 1. The van der Waals surface area contributed by atoms with Crippen LogP contribution in [0, 0.1) is 17.8 Å². The topological polar surface area (TPSA) is 240 Å². The number of carbonyl (C=O) groups excluding carboxylic acids is 8. The predicted octanol–water partition coefficient (Wildman–Crippen LogP) is 0.483. The first-order valence-electron chi connectivity index (χ1n) is 20.4. The Morgan fingerprint density at radius 1 is 0.695 bits per heavy atom. The molecule has 6 atom stereocenters. The molecule has 2 aliphatic heterocycles. The smallest absolute Gasteiger partial charge is 0.246 e. The van der Waals surface area contributed by atoms with Gasteiger partial charge in [-0.25, -0.2) is 0 Å². The molecule has 8 amide bonds. The van der Waals surface area contributed by atoms with Gasteiger partial charge in [0, 0.05) is 30.1 Å². The van der Waals surface area contributed by atoms with E-state index in [0.717, 1.165) is 16.5 Å². The molecule has 2 saturated heterocycles. The Hall–Kier alpha value is -5.13. The lowest BCUT2D eigenvalue weighted by molar-refractivity contribution is -0.142. The summed E-state index contributed by atoms with van der Waals surface area (Å²) in [6.07, 6.45) is 4.91. The fraction of sp³-hybridized carbons (Fsp3) is 0.610. The van der Waals surface area contributed by atoms with Crippen molar-refractivity contribution in [1.82, 2.24) is 47.1 Å². The second kappa shape index (κ2) is 21.8. The minimum atomic E-state index is -1.19. The number of aromatic amines is 1. The number of benzene rings is 1. The van der Waals surface area contributed by atoms with E-state index < -0.39 is 108 Å². The summed E-state index contributed by atoms with van der Waals surface area (Å²) < 4.78 is 0. The number of fused-ring (bicyclic) bond motifs is 2. The molecule has 0 unspecified atom stereocenters. The van der Waals surface area contributed by atoms with Gasteiger partial charge < -0.3 is 47.1 Å². The summed E-state index contributed by atoms with van der Waals surface area (Å²) in [4.78, 5) is 114. The van der Waals surface area contributed by atoms with Crippen LogP contribution in [-0.2, 0) is 44.8 Å². The molecule has 17 nitrogen and oxygen atoms in total. The lowest BCUT2D eigenvalue weighted by atomic mass is 9.99. The van der Waals surface area contributed by atoms with E-state index in [4.69, 9.17) is 0 Å². The summed E-state index contributed by atoms with van der Waals surface area (Å²) >= 11 is 1.46. The monoisotopic (exact) mass is 839 g/mol. The van der Waals surface area contributed by atoms with Crippen molar-refractivity contribution in [1.29, 1.82) is 0 Å². The maximum Gasteiger partial charge on any atom is 0.246 e. The molecule has 324 valence electrons. The second-order valence-corrected chi connectivity index (χ2v) is 17.3. The van der Waals surface area contributed by atoms with Crippen LogP contribution >= 0.6 is 11.8 Å². The lowest BCUT2D eigenvalue weighted by Gasteiger charge is -2.31. The van der Waals surface area contributed by atoms with Gasteiger partial charge in [0.2, 0.25) is 47.3 Å². The maximum atomic E-state index is 14.1. The normalized spacial score (nSPS) is 25.2. The number of rotatable bonds is 9. The predicted molar refractivity (Wildman–Crippen MR) is 225 cm³/mol. The number of amides is 8. The molecule has 0 saturated carbocycles. The number of nitrogens with zero attached hydrogens (tertiary/aromatic N) is 1. The molecule has 1 aromatic carbocycles. The van der Waals surface area contributed by atoms with E-state index in [1.807, 2.05) is 44.4 Å². The van der Waals surface area contributed by atoms with Gasteiger partial charge in [-0.3, -0.25) is 38.4 Å². The van der Waals surface area contributed by atoms with E-state index in [1.165, 1.54) is 16.7 Å². The molecular weight excluding hydrogens is 779 g/mol. The molecule has 18 heteroatoms. The van der Waals surface area contributed by atoms with Crippen molar-refractivity contribution in [3.05, 3.63) is 36.0 Å². The van der Waals surface area contributed by atoms with E-state index in [0.29, 0.717) is 18.6 Å². The van der Waals surface area contributed by atoms with Crippen LogP contribution in [0.15, 0.2) is 30.5 Å². The highest BCUT2D eigenvalue weighted by molar-refractivity contribution is 7.98. The summed E-state index contributed by atoms with van der Waals surface area (Å²) in [5.74, 6) is -5.27. The fourth-order valence-electron chi connectivity index (χ4n) is 7.30. The third kappa shape index (κ3) is 12.9. The summed E-state index contributed by atoms with van der Waals surface area (Å²) in [6, 6.07) is 1.08. The van der Waals surface area contributed by atoms with Crippen LogP contribution in [0.5, 0.6) is 0 Å². The summed E-state index contributed by atoms with van der Waals surface area (Å²) in [5, 5.41) is 19.8. The zero-order valence-electron chi connectivity index (χ0n) is 35.1. The molecule has 1 aromatic heterocycles. The van der Waals surface area contributed by atoms with Gasteiger partial charge in [-0.1, -0.05) is 59.7 Å². The maximum absolute atomic E-state index is 14.1. The fourth-order valence-corrected chi connectivity index (χ4v) is 7.77. The van der Waals surface area contributed by atoms with Gasteiger partial charge in [-0.05, 0) is 67.1 Å². The minimum absolute atomic E-state index is 0.0333. The highest BCUT2D eigenvalue weighted by atomic mass is 32.2. The Bertz CT molecular complexity index is 1850. The van der Waals surface area contributed by atoms with Crippen LogP contribution in [-0.4, -0.2) is 125 Å². The van der Waals surface area contributed by atoms with Crippen LogP contribution in [0.1, 0.15) is 72.8 Å². The van der Waals surface area contributed by atoms with Crippen molar-refractivity contribution in [2.24, 2.45) is 17.8 Å². The summed E-state index contributed by atoms with van der Waals surface area (Å²) in [7, 11) is 0. The highest BCUT2D eigenvalue weighted by Gasteiger charge is 2.39. The molecule has 0 spiro atoms. The average molecular weight is 840 g/mol. The molecule has 4 rings (SSSR count). The van der Waals surface area contributed by atoms with Crippen LogP contribution in [0.3, 0.4) is 0 Å². The Morgan fingerprint density at radius 3 is 1.98 bits per heavy atom. The van der Waals surface area contributed by atoms with Crippen LogP contribution < -0.4 is 37.2 Å². The third-order valence-corrected chi connectivity index (χ3v) is 11.2. The summed E-state index contributed by atoms with van der Waals surface area (Å²) in [5.41, 5.74) is 1.55. The second-order valence-electron chi connectivity index (χ2n) is 16.4. The molecule has 8 N–H and O–H groups in total. The van der Waals surface area contributed by atoms with Crippen molar-refractivity contribution >= 4 is 69.9 Å². The van der Waals surface area contributed by atoms with E-state index >= 15 is 0 Å². The summed E-state index contributed by atoms with van der Waals surface area (Å²) in [6.45, 7) is 9.99. The zero-order valence-corrected chi connectivity index (χ0v) is 35.9. The number of aromatic nitrogens is 1. The lowest BCUT2D eigenvalue weighted by Crippen LogP contribution is -2.60. The quantitative estimate of drug-likeness (QED) is 0.175. The minimum Gasteiger partial charge on any atom is -0.361 e. The molecule has 2 aromatic rings. The number of thioether (sulfide) groups is 1. The first kappa shape index (κ1) is 46.6. The number of hydrogen-bond donors (Lipinski definition) is 8. The van der Waals surface area contributed by atoms with Crippen molar-refractivity contribution in [2.45, 2.75) is 110 Å². The van der Waals surface area contributed by atoms with Crippen LogP contribution in [0.2, 0.25) is 0 Å². The van der Waals surface area contributed by atoms with E-state index in [9.17, 15) is 38.4 Å². The average Bonchev–Trinajstić information content (AvgIpc) is 3.85. The SMILES string of the molecule is CSCC[C@@H]1NC(=O)[C@H](C(C)C)NC(=O)[C@H](CC(C)C)NC(=O)CNC(=O)[C@@H]2CCCN2C(=O)[C@H](C(C)C)NC(=O)CNC(=O)[C@H](Cc2c[nH]c3ccccc23)NC1=O. The molecular formula is C41H61N9O8S. The highest BCUT2D eigenvalue weighted by Crippen LogP contribution is 2.22. The van der Waals surface area contributed by atoms with E-state index in [2.05, 4.69) is 42.2 Å². The van der Waals surface area contributed by atoms with Crippen molar-refractivity contribution in [3.8, 4) is 0 Å². The molecule has 0 aliphatic carbocycles. The van der Waals surface area contributed by atoms with Crippen molar-refractivity contribution in [2.75, 3.05) is 31.6 Å². The van der Waals surface area contributed by atoms with Gasteiger partial charge in [0.25, 0.3) is 0 Å². The van der Waals surface area contributed by atoms with Gasteiger partial charge in [0.1, 0.15) is 36.3 Å². The first-order chi connectivity index (χ1) is 28.0. The molecule has 59 heavy (non-hydrogen) atoms. The molecule has 0 radical (unpaired) electrons. The van der Waals surface area contributed by atoms with Gasteiger partial charge in [-0.15, -0.1) is 0 Å². The number of hydrogen-bond acceptors (Lipinski definition) is 9. The molecule has 3 heterocycles. The van der Waals surface area contributed by atoms with E-state index in [-0.39, 0.29) is 31.7 Å². The standard InChI is InChI=1S/C41H61N9O8S/c1-22(2)17-29-38(55)49-34(23(3)4)40(57)46-28(14-16-59-7)37(54)47-30(18-25-19-42-27-12-9-8-11-26(25)27)36(53)43-21-33(52)48-35(24(5)6)41(58)50-15-10-13-31(50)39(56)44-20-32(51)45-29/h8-9,11-12,19,22-24,28-31,34-35,42H,10,13-18,20-21H2,1-7H3,(H,43,53)(H,44,56)(H,45,51)(H,46,57)(H,47,54)(H,48,52)(H,49,55)/t28-,29-,30-,31-,34-,35-/m0/s1. The van der Waals surface area contributed by atoms with Crippen LogP contribution in [0.25, 0.3) is 10.9 Å². The van der Waals surface area contributed by atoms with Gasteiger partial charge in [0.15, 0.2) is 0 Å². The van der Waals surface area contributed by atoms with Gasteiger partial charge in [-0.2, -0.15) is 11.8 Å². The van der Waals surface area contributed by atoms with Gasteiger partial charge >= 0.3 is 0 Å². The van der Waals surface area contributed by atoms with Crippen molar-refractivity contribution < 1.29 is 38.4 Å². The Balaban J connectivity index is 1.70. The Morgan fingerprint density at radius 2 is 1.32 bits per heavy atom. The number of nitrogens with one attached hydrogen (secondary N) is 8. The number of para-hydroxylation sites is 1. The van der Waals surface area contributed by atoms with Crippen LogP contribution in [0.4, 0.5) is 0 Å². The third-order valence-electron chi connectivity index (χ3n) is 10.5. The molecule has 0 bridgehead atoms. The van der Waals surface area contributed by atoms with Crippen molar-refractivity contribution in [3.63, 3.8) is 0 Å². The molecule has 2 fully saturated rings. The molecule has 2 aliphatic rings.